The molecule has 1 atom stereocenters. The second-order valence-electron chi connectivity index (χ2n) is 10.6. The zero-order chi connectivity index (χ0) is 31.7. The van der Waals surface area contributed by atoms with Crippen molar-refractivity contribution in [2.75, 3.05) is 38.7 Å². The Morgan fingerprint density at radius 2 is 1.53 bits per heavy atom. The third-order valence-electron chi connectivity index (χ3n) is 6.88. The second kappa shape index (κ2) is 14.8. The highest BCUT2D eigenvalue weighted by atomic mass is 32.2. The van der Waals surface area contributed by atoms with Crippen LogP contribution in [0.3, 0.4) is 0 Å². The van der Waals surface area contributed by atoms with Gasteiger partial charge in [-0.3, -0.25) is 13.9 Å². The first kappa shape index (κ1) is 33.3. The van der Waals surface area contributed by atoms with Gasteiger partial charge < -0.3 is 24.4 Å². The van der Waals surface area contributed by atoms with Gasteiger partial charge in [-0.2, -0.15) is 0 Å². The number of nitrogens with one attached hydrogen (secondary N) is 1. The Balaban J connectivity index is 2.08. The van der Waals surface area contributed by atoms with Crippen molar-refractivity contribution in [3.8, 4) is 17.2 Å². The van der Waals surface area contributed by atoms with E-state index in [1.165, 1.54) is 37.3 Å². The molecule has 0 unspecified atom stereocenters. The number of amides is 2. The Bertz CT molecular complexity index is 1510. The summed E-state index contributed by atoms with van der Waals surface area (Å²) in [6.45, 7) is 7.34. The van der Waals surface area contributed by atoms with E-state index >= 15 is 0 Å². The summed E-state index contributed by atoms with van der Waals surface area (Å²) in [6.07, 6.45) is 0. The van der Waals surface area contributed by atoms with Gasteiger partial charge in [0.15, 0.2) is 11.5 Å². The number of anilines is 1. The lowest BCUT2D eigenvalue weighted by molar-refractivity contribution is -0.139. The number of aryl methyl sites for hydroxylation is 1. The molecule has 11 heteroatoms. The van der Waals surface area contributed by atoms with E-state index in [1.807, 2.05) is 26.8 Å². The fraction of sp³-hybridized carbons (Fsp3) is 0.375. The minimum Gasteiger partial charge on any atom is -0.497 e. The van der Waals surface area contributed by atoms with Gasteiger partial charge in [0.25, 0.3) is 10.0 Å². The summed E-state index contributed by atoms with van der Waals surface area (Å²) in [7, 11) is 0.236. The molecule has 0 radical (unpaired) electrons. The summed E-state index contributed by atoms with van der Waals surface area (Å²) in [4.78, 5) is 28.7. The summed E-state index contributed by atoms with van der Waals surface area (Å²) < 4.78 is 45.3. The number of benzene rings is 3. The molecule has 0 heterocycles. The van der Waals surface area contributed by atoms with E-state index in [-0.39, 0.29) is 29.0 Å². The Kier molecular flexibility index (Phi) is 11.4. The minimum atomic E-state index is -4.23. The molecule has 0 aliphatic rings. The molecule has 0 saturated carbocycles. The number of carbonyl (C=O) groups is 2. The van der Waals surface area contributed by atoms with Crippen LogP contribution < -0.4 is 23.8 Å². The topological polar surface area (TPSA) is 114 Å². The van der Waals surface area contributed by atoms with Gasteiger partial charge in [-0.25, -0.2) is 8.42 Å². The summed E-state index contributed by atoms with van der Waals surface area (Å²) in [6, 6.07) is 17.3. The third-order valence-corrected chi connectivity index (χ3v) is 8.67. The number of ether oxygens (including phenoxy) is 3. The van der Waals surface area contributed by atoms with E-state index in [1.54, 1.807) is 56.5 Å². The van der Waals surface area contributed by atoms with E-state index in [2.05, 4.69) is 5.32 Å². The van der Waals surface area contributed by atoms with Crippen molar-refractivity contribution in [3.63, 3.8) is 0 Å². The normalized spacial score (nSPS) is 11.9. The lowest BCUT2D eigenvalue weighted by atomic mass is 10.1. The van der Waals surface area contributed by atoms with Gasteiger partial charge in [-0.1, -0.05) is 43.7 Å². The summed E-state index contributed by atoms with van der Waals surface area (Å²) in [5.74, 6) is 0.589. The van der Waals surface area contributed by atoms with Crippen LogP contribution in [-0.4, -0.2) is 65.6 Å². The number of methoxy groups -OCH3 is 3. The molecule has 0 aliphatic heterocycles. The molecule has 0 aromatic heterocycles. The van der Waals surface area contributed by atoms with Crippen molar-refractivity contribution in [2.24, 2.45) is 5.92 Å². The van der Waals surface area contributed by atoms with Crippen molar-refractivity contribution in [1.29, 1.82) is 0 Å². The SMILES string of the molecule is COc1cccc(CN(C(=O)CN(c2ccc(OC)c(OC)c2)S(=O)(=O)c2ccc(C)cc2)[C@H](C)C(=O)NCC(C)C)c1. The van der Waals surface area contributed by atoms with Gasteiger partial charge in [-0.15, -0.1) is 0 Å². The van der Waals surface area contributed by atoms with Crippen LogP contribution in [0.1, 0.15) is 31.9 Å². The van der Waals surface area contributed by atoms with Crippen LogP contribution in [0.2, 0.25) is 0 Å². The van der Waals surface area contributed by atoms with Crippen molar-refractivity contribution in [3.05, 3.63) is 77.9 Å². The first-order valence-corrected chi connectivity index (χ1v) is 15.4. The maximum Gasteiger partial charge on any atom is 0.264 e. The first-order chi connectivity index (χ1) is 20.4. The molecule has 10 nitrogen and oxygen atoms in total. The number of rotatable bonds is 14. The summed E-state index contributed by atoms with van der Waals surface area (Å²) in [5, 5.41) is 2.88. The van der Waals surface area contributed by atoms with Crippen molar-refractivity contribution >= 4 is 27.5 Å². The molecule has 0 fully saturated rings. The number of hydrogen-bond donors (Lipinski definition) is 1. The molecule has 1 N–H and O–H groups in total. The number of hydrogen-bond acceptors (Lipinski definition) is 7. The first-order valence-electron chi connectivity index (χ1n) is 13.9. The van der Waals surface area contributed by atoms with Crippen molar-refractivity contribution < 1.29 is 32.2 Å². The molecule has 43 heavy (non-hydrogen) atoms. The van der Waals surface area contributed by atoms with E-state index < -0.39 is 28.5 Å². The molecule has 2 amide bonds. The van der Waals surface area contributed by atoms with Gasteiger partial charge in [0.2, 0.25) is 11.8 Å². The smallest absolute Gasteiger partial charge is 0.264 e. The lowest BCUT2D eigenvalue weighted by Crippen LogP contribution is -2.51. The highest BCUT2D eigenvalue weighted by Crippen LogP contribution is 2.34. The standard InChI is InChI=1S/C32H41N3O7S/c1-22(2)19-33-32(37)24(4)34(20-25-9-8-10-27(17-25)40-5)31(36)21-35(26-13-16-29(41-6)30(18-26)42-7)43(38,39)28-14-11-23(3)12-15-28/h8-18,22,24H,19-21H2,1-7H3,(H,33,37)/t24-/m1/s1. The second-order valence-corrected chi connectivity index (χ2v) is 12.4. The maximum absolute atomic E-state index is 14.1. The highest BCUT2D eigenvalue weighted by molar-refractivity contribution is 7.92. The lowest BCUT2D eigenvalue weighted by Gasteiger charge is -2.32. The van der Waals surface area contributed by atoms with E-state index in [9.17, 15) is 18.0 Å². The molecule has 0 saturated heterocycles. The number of sulfonamides is 1. The number of carbonyl (C=O) groups excluding carboxylic acids is 2. The number of nitrogens with zero attached hydrogens (tertiary/aromatic N) is 2. The quantitative estimate of drug-likeness (QED) is 0.287. The molecule has 0 bridgehead atoms. The third kappa shape index (κ3) is 8.41. The Labute approximate surface area is 254 Å². The Morgan fingerprint density at radius 3 is 2.14 bits per heavy atom. The van der Waals surface area contributed by atoms with E-state index in [4.69, 9.17) is 14.2 Å². The van der Waals surface area contributed by atoms with Gasteiger partial charge in [0.05, 0.1) is 31.9 Å². The summed E-state index contributed by atoms with van der Waals surface area (Å²) in [5.41, 5.74) is 1.80. The van der Waals surface area contributed by atoms with E-state index in [0.29, 0.717) is 23.8 Å². The maximum atomic E-state index is 14.1. The van der Waals surface area contributed by atoms with Gasteiger partial charge in [0, 0.05) is 19.2 Å². The Morgan fingerprint density at radius 1 is 0.860 bits per heavy atom. The van der Waals surface area contributed by atoms with Gasteiger partial charge in [-0.05, 0) is 61.7 Å². The van der Waals surface area contributed by atoms with Crippen LogP contribution in [0.4, 0.5) is 5.69 Å². The molecule has 3 aromatic carbocycles. The fourth-order valence-corrected chi connectivity index (χ4v) is 5.75. The predicted octanol–water partition coefficient (Wildman–Crippen LogP) is 4.41. The van der Waals surface area contributed by atoms with Gasteiger partial charge >= 0.3 is 0 Å². The van der Waals surface area contributed by atoms with Crippen LogP contribution >= 0.6 is 0 Å². The van der Waals surface area contributed by atoms with Crippen LogP contribution in [0.15, 0.2) is 71.6 Å². The largest absolute Gasteiger partial charge is 0.497 e. The molecular weight excluding hydrogens is 570 g/mol. The molecule has 0 spiro atoms. The monoisotopic (exact) mass is 611 g/mol. The molecule has 3 rings (SSSR count). The minimum absolute atomic E-state index is 0.0164. The van der Waals surface area contributed by atoms with E-state index in [0.717, 1.165) is 15.4 Å². The average molecular weight is 612 g/mol. The molecule has 0 aliphatic carbocycles. The fourth-order valence-electron chi connectivity index (χ4n) is 4.35. The van der Waals surface area contributed by atoms with Gasteiger partial charge in [0.1, 0.15) is 18.3 Å². The van der Waals surface area contributed by atoms with Crippen LogP contribution in [-0.2, 0) is 26.2 Å². The predicted molar refractivity (Wildman–Crippen MR) is 166 cm³/mol. The van der Waals surface area contributed by atoms with Crippen LogP contribution in [0.5, 0.6) is 17.2 Å². The molecular formula is C32H41N3O7S. The average Bonchev–Trinajstić information content (AvgIpc) is 3.00. The Hall–Kier alpha value is -4.25. The highest BCUT2D eigenvalue weighted by Gasteiger charge is 2.33. The van der Waals surface area contributed by atoms with Crippen LogP contribution in [0, 0.1) is 12.8 Å². The van der Waals surface area contributed by atoms with Crippen molar-refractivity contribution in [1.82, 2.24) is 10.2 Å². The molecule has 3 aromatic rings. The summed E-state index contributed by atoms with van der Waals surface area (Å²) >= 11 is 0. The zero-order valence-electron chi connectivity index (χ0n) is 25.8. The van der Waals surface area contributed by atoms with Crippen LogP contribution in [0.25, 0.3) is 0 Å². The van der Waals surface area contributed by atoms with Crippen molar-refractivity contribution in [2.45, 2.75) is 45.2 Å². The zero-order valence-corrected chi connectivity index (χ0v) is 26.6. The molecule has 232 valence electrons.